The summed E-state index contributed by atoms with van der Waals surface area (Å²) in [5.74, 6) is 3.49. The minimum Gasteiger partial charge on any atom is -0.493 e. The average molecular weight is 568 g/mol. The Bertz CT molecular complexity index is 887. The van der Waals surface area contributed by atoms with Crippen LogP contribution in [0.2, 0.25) is 0 Å². The summed E-state index contributed by atoms with van der Waals surface area (Å²) in [4.78, 5) is 14.0. The molecular formula is C25H38IN5O2. The first-order chi connectivity index (χ1) is 15.6. The van der Waals surface area contributed by atoms with Crippen molar-refractivity contribution in [2.45, 2.75) is 39.2 Å². The number of likely N-dealkylation sites (N-methyl/N-ethyl adjacent to an activating group) is 1. The molecule has 7 nitrogen and oxygen atoms in total. The second kappa shape index (κ2) is 14.1. The molecule has 1 fully saturated rings. The molecule has 1 aromatic heterocycles. The Morgan fingerprint density at radius 3 is 2.52 bits per heavy atom. The van der Waals surface area contributed by atoms with Gasteiger partial charge in [0.1, 0.15) is 5.82 Å². The summed E-state index contributed by atoms with van der Waals surface area (Å²) in [6, 6.07) is 10.3. The number of halogens is 1. The lowest BCUT2D eigenvalue weighted by atomic mass is 10.1. The SMILES string of the molecule is CCNC(=NCc1ccnc(N2CCCCC2)c1)N(C)CCc1ccc(OC)c(OC)c1.I. The van der Waals surface area contributed by atoms with Crippen LogP contribution in [0.5, 0.6) is 11.5 Å². The zero-order valence-electron chi connectivity index (χ0n) is 20.3. The van der Waals surface area contributed by atoms with Crippen molar-refractivity contribution in [1.29, 1.82) is 0 Å². The molecule has 0 amide bonds. The molecular weight excluding hydrogens is 529 g/mol. The van der Waals surface area contributed by atoms with Crippen molar-refractivity contribution < 1.29 is 9.47 Å². The molecule has 2 heterocycles. The molecule has 1 aliphatic rings. The second-order valence-corrected chi connectivity index (χ2v) is 8.10. The molecule has 8 heteroatoms. The van der Waals surface area contributed by atoms with E-state index in [0.717, 1.165) is 55.9 Å². The number of aliphatic imine (C=N–C) groups is 1. The van der Waals surface area contributed by atoms with Gasteiger partial charge >= 0.3 is 0 Å². The van der Waals surface area contributed by atoms with Crippen molar-refractivity contribution in [2.24, 2.45) is 4.99 Å². The topological polar surface area (TPSA) is 62.2 Å². The maximum absolute atomic E-state index is 5.43. The summed E-state index contributed by atoms with van der Waals surface area (Å²) >= 11 is 0. The molecule has 3 rings (SSSR count). The van der Waals surface area contributed by atoms with E-state index in [2.05, 4.69) is 52.3 Å². The molecule has 182 valence electrons. The molecule has 0 spiro atoms. The van der Waals surface area contributed by atoms with Crippen LogP contribution in [0.15, 0.2) is 41.5 Å². The van der Waals surface area contributed by atoms with E-state index in [1.165, 1.54) is 30.4 Å². The number of aromatic nitrogens is 1. The molecule has 0 saturated carbocycles. The van der Waals surface area contributed by atoms with Crippen LogP contribution in [-0.2, 0) is 13.0 Å². The number of hydrogen-bond acceptors (Lipinski definition) is 5. The number of rotatable bonds is 9. The molecule has 0 radical (unpaired) electrons. The summed E-state index contributed by atoms with van der Waals surface area (Å²) in [6.07, 6.45) is 6.61. The third-order valence-electron chi connectivity index (χ3n) is 5.78. The van der Waals surface area contributed by atoms with Crippen LogP contribution in [-0.4, -0.2) is 63.3 Å². The van der Waals surface area contributed by atoms with Crippen LogP contribution in [0.3, 0.4) is 0 Å². The van der Waals surface area contributed by atoms with E-state index in [4.69, 9.17) is 14.5 Å². The average Bonchev–Trinajstić information content (AvgIpc) is 2.85. The van der Waals surface area contributed by atoms with Gasteiger partial charge in [-0.1, -0.05) is 6.07 Å². The number of pyridine rings is 1. The summed E-state index contributed by atoms with van der Waals surface area (Å²) < 4.78 is 10.8. The largest absolute Gasteiger partial charge is 0.493 e. The maximum Gasteiger partial charge on any atom is 0.193 e. The van der Waals surface area contributed by atoms with Gasteiger partial charge in [-0.15, -0.1) is 24.0 Å². The summed E-state index contributed by atoms with van der Waals surface area (Å²) in [7, 11) is 5.40. The van der Waals surface area contributed by atoms with Gasteiger partial charge in [0.2, 0.25) is 0 Å². The maximum atomic E-state index is 5.43. The molecule has 0 aliphatic carbocycles. The first-order valence-corrected chi connectivity index (χ1v) is 11.5. The van der Waals surface area contributed by atoms with Crippen molar-refractivity contribution in [2.75, 3.05) is 52.3 Å². The van der Waals surface area contributed by atoms with Gasteiger partial charge in [-0.05, 0) is 68.0 Å². The minimum absolute atomic E-state index is 0. The molecule has 0 bridgehead atoms. The van der Waals surface area contributed by atoms with Gasteiger partial charge in [0.15, 0.2) is 17.5 Å². The van der Waals surface area contributed by atoms with Gasteiger partial charge in [-0.3, -0.25) is 0 Å². The van der Waals surface area contributed by atoms with Crippen molar-refractivity contribution in [3.05, 3.63) is 47.7 Å². The summed E-state index contributed by atoms with van der Waals surface area (Å²) in [5, 5.41) is 3.41. The normalized spacial score (nSPS) is 13.8. The lowest BCUT2D eigenvalue weighted by Gasteiger charge is -2.27. The zero-order chi connectivity index (χ0) is 22.8. The van der Waals surface area contributed by atoms with E-state index >= 15 is 0 Å². The third kappa shape index (κ3) is 7.94. The molecule has 2 aromatic rings. The minimum atomic E-state index is 0. The lowest BCUT2D eigenvalue weighted by Crippen LogP contribution is -2.40. The van der Waals surface area contributed by atoms with Crippen LogP contribution in [0.25, 0.3) is 0 Å². The quantitative estimate of drug-likeness (QED) is 0.276. The number of ether oxygens (including phenoxy) is 2. The standard InChI is InChI=1S/C25H37N5O2.HI/c1-5-26-25(29(2)16-12-20-9-10-22(31-3)23(17-20)32-4)28-19-21-11-13-27-24(18-21)30-14-7-6-8-15-30;/h9-11,13,17-18H,5-8,12,14-16,19H2,1-4H3,(H,26,28);1H. The van der Waals surface area contributed by atoms with Crippen molar-refractivity contribution >= 4 is 35.8 Å². The van der Waals surface area contributed by atoms with Gasteiger partial charge in [0.05, 0.1) is 20.8 Å². The fourth-order valence-electron chi connectivity index (χ4n) is 3.93. The fraction of sp³-hybridized carbons (Fsp3) is 0.520. The number of hydrogen-bond donors (Lipinski definition) is 1. The Labute approximate surface area is 215 Å². The second-order valence-electron chi connectivity index (χ2n) is 8.10. The number of piperidine rings is 1. The van der Waals surface area contributed by atoms with Crippen LogP contribution in [0, 0.1) is 0 Å². The van der Waals surface area contributed by atoms with E-state index in [0.29, 0.717) is 6.54 Å². The van der Waals surface area contributed by atoms with Gasteiger partial charge in [-0.2, -0.15) is 0 Å². The molecule has 1 aromatic carbocycles. The predicted octanol–water partition coefficient (Wildman–Crippen LogP) is 4.35. The Hall–Kier alpha value is -2.23. The monoisotopic (exact) mass is 567 g/mol. The number of guanidine groups is 1. The highest BCUT2D eigenvalue weighted by Crippen LogP contribution is 2.27. The Morgan fingerprint density at radius 2 is 1.82 bits per heavy atom. The molecule has 0 atom stereocenters. The van der Waals surface area contributed by atoms with E-state index in [9.17, 15) is 0 Å². The predicted molar refractivity (Wildman–Crippen MR) is 146 cm³/mol. The molecule has 1 saturated heterocycles. The van der Waals surface area contributed by atoms with E-state index < -0.39 is 0 Å². The van der Waals surface area contributed by atoms with Crippen LogP contribution in [0.1, 0.15) is 37.3 Å². The summed E-state index contributed by atoms with van der Waals surface area (Å²) in [6.45, 7) is 6.60. The summed E-state index contributed by atoms with van der Waals surface area (Å²) in [5.41, 5.74) is 2.38. The van der Waals surface area contributed by atoms with Crippen LogP contribution >= 0.6 is 24.0 Å². The first-order valence-electron chi connectivity index (χ1n) is 11.5. The number of benzene rings is 1. The Kier molecular flexibility index (Phi) is 11.6. The smallest absolute Gasteiger partial charge is 0.193 e. The highest BCUT2D eigenvalue weighted by molar-refractivity contribution is 14.0. The van der Waals surface area contributed by atoms with Crippen LogP contribution in [0.4, 0.5) is 5.82 Å². The molecule has 1 N–H and O–H groups in total. The number of nitrogens with one attached hydrogen (secondary N) is 1. The van der Waals surface area contributed by atoms with Gasteiger partial charge in [-0.25, -0.2) is 9.98 Å². The van der Waals surface area contributed by atoms with Crippen LogP contribution < -0.4 is 19.7 Å². The van der Waals surface area contributed by atoms with E-state index in [-0.39, 0.29) is 24.0 Å². The van der Waals surface area contributed by atoms with Crippen molar-refractivity contribution in [3.63, 3.8) is 0 Å². The Morgan fingerprint density at radius 1 is 1.06 bits per heavy atom. The third-order valence-corrected chi connectivity index (χ3v) is 5.78. The first kappa shape index (κ1) is 27.0. The van der Waals surface area contributed by atoms with Gasteiger partial charge in [0, 0.05) is 39.4 Å². The van der Waals surface area contributed by atoms with Crippen molar-refractivity contribution in [1.82, 2.24) is 15.2 Å². The van der Waals surface area contributed by atoms with Gasteiger partial charge < -0.3 is 24.6 Å². The Balaban J connectivity index is 0.00000385. The van der Waals surface area contributed by atoms with Crippen molar-refractivity contribution in [3.8, 4) is 11.5 Å². The number of nitrogens with zero attached hydrogens (tertiary/aromatic N) is 4. The number of methoxy groups -OCH3 is 2. The lowest BCUT2D eigenvalue weighted by molar-refractivity contribution is 0.354. The fourth-order valence-corrected chi connectivity index (χ4v) is 3.93. The van der Waals surface area contributed by atoms with E-state index in [1.54, 1.807) is 14.2 Å². The molecule has 33 heavy (non-hydrogen) atoms. The molecule has 1 aliphatic heterocycles. The highest BCUT2D eigenvalue weighted by Gasteiger charge is 2.13. The highest BCUT2D eigenvalue weighted by atomic mass is 127. The van der Waals surface area contributed by atoms with Gasteiger partial charge in [0.25, 0.3) is 0 Å². The number of anilines is 1. The zero-order valence-corrected chi connectivity index (χ0v) is 22.7. The van der Waals surface area contributed by atoms with E-state index in [1.807, 2.05) is 18.3 Å². The molecule has 0 unspecified atom stereocenters.